The minimum absolute atomic E-state index is 0.176. The third kappa shape index (κ3) is 5.38. The van der Waals surface area contributed by atoms with Crippen molar-refractivity contribution in [3.05, 3.63) is 65.8 Å². The Hall–Kier alpha value is -3.75. The number of ether oxygens (including phenoxy) is 1. The molecule has 150 valence electrons. The summed E-state index contributed by atoms with van der Waals surface area (Å²) in [6.07, 6.45) is 0. The predicted octanol–water partition coefficient (Wildman–Crippen LogP) is 2.43. The maximum atomic E-state index is 13.0. The average Bonchev–Trinajstić information content (AvgIpc) is 3.22. The van der Waals surface area contributed by atoms with Gasteiger partial charge in [0.2, 0.25) is 5.82 Å². The van der Waals surface area contributed by atoms with E-state index in [9.17, 15) is 14.0 Å². The summed E-state index contributed by atoms with van der Waals surface area (Å²) in [4.78, 5) is 28.1. The molecule has 9 heteroatoms. The number of benzene rings is 2. The highest BCUT2D eigenvalue weighted by atomic mass is 19.1. The van der Waals surface area contributed by atoms with Crippen molar-refractivity contribution >= 4 is 11.8 Å². The Morgan fingerprint density at radius 3 is 2.31 bits per heavy atom. The first-order chi connectivity index (χ1) is 14.1. The van der Waals surface area contributed by atoms with E-state index in [1.54, 1.807) is 24.3 Å². The fourth-order valence-corrected chi connectivity index (χ4v) is 2.43. The van der Waals surface area contributed by atoms with Crippen molar-refractivity contribution in [2.24, 2.45) is 0 Å². The summed E-state index contributed by atoms with van der Waals surface area (Å²) < 4.78 is 23.2. The molecule has 2 N–H and O–H groups in total. The standard InChI is InChI=1S/C20H19FN4O4/c1-2-28-16-9-5-14(6-10-16)18(26)22-11-12-23-19(27)20-24-17(25-29-20)13-3-7-15(21)8-4-13/h3-10H,2,11-12H2,1H3,(H,22,26)(H,23,27). The molecule has 0 unspecified atom stereocenters. The fraction of sp³-hybridized carbons (Fsp3) is 0.200. The minimum Gasteiger partial charge on any atom is -0.494 e. The largest absolute Gasteiger partial charge is 0.494 e. The van der Waals surface area contributed by atoms with Gasteiger partial charge >= 0.3 is 11.8 Å². The molecule has 8 nitrogen and oxygen atoms in total. The Bertz CT molecular complexity index is 971. The lowest BCUT2D eigenvalue weighted by Crippen LogP contribution is -2.34. The van der Waals surface area contributed by atoms with E-state index in [1.165, 1.54) is 24.3 Å². The molecule has 1 aromatic heterocycles. The number of rotatable bonds is 8. The van der Waals surface area contributed by atoms with E-state index in [1.807, 2.05) is 6.92 Å². The van der Waals surface area contributed by atoms with Crippen LogP contribution in [-0.4, -0.2) is 41.7 Å². The molecule has 0 radical (unpaired) electrons. The SMILES string of the molecule is CCOc1ccc(C(=O)NCCNC(=O)c2nc(-c3ccc(F)cc3)no2)cc1. The highest BCUT2D eigenvalue weighted by Crippen LogP contribution is 2.16. The molecule has 29 heavy (non-hydrogen) atoms. The third-order valence-corrected chi connectivity index (χ3v) is 3.85. The number of carbonyl (C=O) groups excluding carboxylic acids is 2. The Morgan fingerprint density at radius 1 is 1.00 bits per heavy atom. The monoisotopic (exact) mass is 398 g/mol. The van der Waals surface area contributed by atoms with Gasteiger partial charge in [-0.25, -0.2) is 4.39 Å². The Balaban J connectivity index is 1.45. The van der Waals surface area contributed by atoms with Gasteiger partial charge in [0.1, 0.15) is 11.6 Å². The van der Waals surface area contributed by atoms with Gasteiger partial charge in [0.15, 0.2) is 0 Å². The van der Waals surface area contributed by atoms with Crippen LogP contribution in [0.15, 0.2) is 53.1 Å². The second kappa shape index (κ2) is 9.45. The van der Waals surface area contributed by atoms with Crippen molar-refractivity contribution in [2.45, 2.75) is 6.92 Å². The lowest BCUT2D eigenvalue weighted by Gasteiger charge is -2.07. The lowest BCUT2D eigenvalue weighted by atomic mass is 10.2. The summed E-state index contributed by atoms with van der Waals surface area (Å²) in [6, 6.07) is 12.2. The van der Waals surface area contributed by atoms with Gasteiger partial charge in [-0.05, 0) is 55.5 Å². The quantitative estimate of drug-likeness (QED) is 0.565. The molecule has 0 saturated heterocycles. The number of nitrogens with one attached hydrogen (secondary N) is 2. The van der Waals surface area contributed by atoms with Crippen LogP contribution < -0.4 is 15.4 Å². The zero-order chi connectivity index (χ0) is 20.6. The number of halogens is 1. The molecule has 1 heterocycles. The molecule has 0 saturated carbocycles. The summed E-state index contributed by atoms with van der Waals surface area (Å²) in [6.45, 7) is 2.83. The Morgan fingerprint density at radius 2 is 1.66 bits per heavy atom. The Labute approximate surface area is 166 Å². The zero-order valence-electron chi connectivity index (χ0n) is 15.6. The van der Waals surface area contributed by atoms with Crippen molar-refractivity contribution in [1.29, 1.82) is 0 Å². The molecule has 0 fully saturated rings. The van der Waals surface area contributed by atoms with Gasteiger partial charge in [-0.2, -0.15) is 4.98 Å². The van der Waals surface area contributed by atoms with E-state index in [0.717, 1.165) is 0 Å². The van der Waals surface area contributed by atoms with E-state index in [0.29, 0.717) is 23.5 Å². The number of aromatic nitrogens is 2. The highest BCUT2D eigenvalue weighted by molar-refractivity contribution is 5.94. The second-order valence-electron chi connectivity index (χ2n) is 5.90. The summed E-state index contributed by atoms with van der Waals surface area (Å²) >= 11 is 0. The number of hydrogen-bond donors (Lipinski definition) is 2. The van der Waals surface area contributed by atoms with Crippen molar-refractivity contribution in [2.75, 3.05) is 19.7 Å². The van der Waals surface area contributed by atoms with Crippen LogP contribution >= 0.6 is 0 Å². The molecule has 3 rings (SSSR count). The van der Waals surface area contributed by atoms with Crippen LogP contribution in [0, 0.1) is 5.82 Å². The lowest BCUT2D eigenvalue weighted by molar-refractivity contribution is 0.0898. The van der Waals surface area contributed by atoms with Crippen LogP contribution in [0.1, 0.15) is 28.0 Å². The smallest absolute Gasteiger partial charge is 0.316 e. The van der Waals surface area contributed by atoms with Crippen molar-refractivity contribution in [3.63, 3.8) is 0 Å². The number of hydrogen-bond acceptors (Lipinski definition) is 6. The third-order valence-electron chi connectivity index (χ3n) is 3.85. The molecule has 2 aromatic carbocycles. The van der Waals surface area contributed by atoms with E-state index in [-0.39, 0.29) is 36.5 Å². The van der Waals surface area contributed by atoms with E-state index >= 15 is 0 Å². The molecular formula is C20H19FN4O4. The van der Waals surface area contributed by atoms with Gasteiger partial charge < -0.3 is 19.9 Å². The minimum atomic E-state index is -0.568. The van der Waals surface area contributed by atoms with Crippen LogP contribution in [-0.2, 0) is 0 Å². The fourth-order valence-electron chi connectivity index (χ4n) is 2.43. The van der Waals surface area contributed by atoms with Crippen LogP contribution in [0.2, 0.25) is 0 Å². The van der Waals surface area contributed by atoms with Crippen molar-refractivity contribution in [1.82, 2.24) is 20.8 Å². The predicted molar refractivity (Wildman–Crippen MR) is 102 cm³/mol. The van der Waals surface area contributed by atoms with E-state index in [2.05, 4.69) is 20.8 Å². The van der Waals surface area contributed by atoms with Crippen LogP contribution in [0.25, 0.3) is 11.4 Å². The van der Waals surface area contributed by atoms with E-state index < -0.39 is 5.91 Å². The topological polar surface area (TPSA) is 106 Å². The summed E-state index contributed by atoms with van der Waals surface area (Å²) in [5, 5.41) is 8.98. The normalized spacial score (nSPS) is 10.4. The van der Waals surface area contributed by atoms with Crippen molar-refractivity contribution in [3.8, 4) is 17.1 Å². The van der Waals surface area contributed by atoms with Gasteiger partial charge in [0.05, 0.1) is 6.61 Å². The summed E-state index contributed by atoms with van der Waals surface area (Å²) in [5.74, 6) is -0.570. The molecular weight excluding hydrogens is 379 g/mol. The molecule has 0 spiro atoms. The van der Waals surface area contributed by atoms with Gasteiger partial charge in [0, 0.05) is 24.2 Å². The number of amides is 2. The van der Waals surface area contributed by atoms with Gasteiger partial charge in [-0.3, -0.25) is 9.59 Å². The highest BCUT2D eigenvalue weighted by Gasteiger charge is 2.16. The Kier molecular flexibility index (Phi) is 6.51. The van der Waals surface area contributed by atoms with Gasteiger partial charge in [0.25, 0.3) is 5.91 Å². The second-order valence-corrected chi connectivity index (χ2v) is 5.90. The maximum Gasteiger partial charge on any atom is 0.316 e. The molecule has 2 amide bonds. The first kappa shape index (κ1) is 20.0. The van der Waals surface area contributed by atoms with Gasteiger partial charge in [-0.15, -0.1) is 0 Å². The number of carbonyl (C=O) groups is 2. The molecule has 0 aliphatic carbocycles. The summed E-state index contributed by atoms with van der Waals surface area (Å²) in [5.41, 5.74) is 1.01. The summed E-state index contributed by atoms with van der Waals surface area (Å²) in [7, 11) is 0. The van der Waals surface area contributed by atoms with E-state index in [4.69, 9.17) is 9.26 Å². The van der Waals surface area contributed by atoms with Crippen LogP contribution in [0.5, 0.6) is 5.75 Å². The number of nitrogens with zero attached hydrogens (tertiary/aromatic N) is 2. The zero-order valence-corrected chi connectivity index (χ0v) is 15.6. The van der Waals surface area contributed by atoms with Crippen molar-refractivity contribution < 1.29 is 23.2 Å². The molecule has 3 aromatic rings. The first-order valence-corrected chi connectivity index (χ1v) is 8.95. The molecule has 0 atom stereocenters. The molecule has 0 aliphatic rings. The first-order valence-electron chi connectivity index (χ1n) is 8.95. The average molecular weight is 398 g/mol. The van der Waals surface area contributed by atoms with Gasteiger partial charge in [-0.1, -0.05) is 5.16 Å². The van der Waals surface area contributed by atoms with Crippen LogP contribution in [0.3, 0.4) is 0 Å². The molecule has 0 bridgehead atoms. The maximum absolute atomic E-state index is 13.0. The molecule has 0 aliphatic heterocycles. The van der Waals surface area contributed by atoms with Crippen LogP contribution in [0.4, 0.5) is 4.39 Å².